The van der Waals surface area contributed by atoms with E-state index in [9.17, 15) is 0 Å². The highest BCUT2D eigenvalue weighted by Gasteiger charge is 2.14. The van der Waals surface area contributed by atoms with E-state index in [4.69, 9.17) is 15.8 Å². The van der Waals surface area contributed by atoms with Gasteiger partial charge in [-0.3, -0.25) is 4.98 Å². The van der Waals surface area contributed by atoms with E-state index < -0.39 is 7.12 Å². The molecule has 0 saturated heterocycles. The van der Waals surface area contributed by atoms with Crippen molar-refractivity contribution in [1.29, 1.82) is 0 Å². The molecule has 11 heavy (non-hydrogen) atoms. The lowest BCUT2D eigenvalue weighted by Crippen LogP contribution is -2.33. The molecule has 0 amide bonds. The van der Waals surface area contributed by atoms with E-state index in [0.717, 1.165) is 0 Å². The van der Waals surface area contributed by atoms with Crippen molar-refractivity contribution in [2.45, 2.75) is 6.92 Å². The molecule has 0 fully saturated rings. The summed E-state index contributed by atoms with van der Waals surface area (Å²) in [7, 11) is -1.49. The molecule has 0 spiro atoms. The second kappa shape index (κ2) is 2.90. The Morgan fingerprint density at radius 1 is 1.45 bits per heavy atom. The van der Waals surface area contributed by atoms with Crippen LogP contribution >= 0.6 is 0 Å². The maximum absolute atomic E-state index is 8.79. The van der Waals surface area contributed by atoms with Gasteiger partial charge in [0.05, 0.1) is 5.69 Å². The summed E-state index contributed by atoms with van der Waals surface area (Å²) in [5, 5.41) is 17.6. The zero-order valence-corrected chi connectivity index (χ0v) is 6.15. The average molecular weight is 152 g/mol. The minimum Gasteiger partial charge on any atom is -0.423 e. The Morgan fingerprint density at radius 2 is 2.09 bits per heavy atom. The normalized spacial score (nSPS) is 9.73. The van der Waals surface area contributed by atoms with Crippen LogP contribution in [0.25, 0.3) is 0 Å². The molecule has 0 unspecified atom stereocenters. The lowest BCUT2D eigenvalue weighted by atomic mass is 9.78. The van der Waals surface area contributed by atoms with Gasteiger partial charge in [0.15, 0.2) is 0 Å². The van der Waals surface area contributed by atoms with Crippen molar-refractivity contribution < 1.29 is 10.0 Å². The molecule has 58 valence electrons. The molecule has 1 aromatic rings. The Hall–Kier alpha value is -1.07. The summed E-state index contributed by atoms with van der Waals surface area (Å²) in [6.07, 6.45) is 2.86. The van der Waals surface area contributed by atoms with Crippen molar-refractivity contribution in [2.75, 3.05) is 5.73 Å². The summed E-state index contributed by atoms with van der Waals surface area (Å²) in [6, 6.07) is 0. The lowest BCUT2D eigenvalue weighted by Gasteiger charge is -2.04. The van der Waals surface area contributed by atoms with E-state index in [0.29, 0.717) is 16.7 Å². The van der Waals surface area contributed by atoms with Gasteiger partial charge in [-0.15, -0.1) is 0 Å². The SMILES string of the molecule is Cc1c(N)cncc1B(O)O. The maximum Gasteiger partial charge on any atom is 0.490 e. The van der Waals surface area contributed by atoms with E-state index in [-0.39, 0.29) is 0 Å². The van der Waals surface area contributed by atoms with Crippen molar-refractivity contribution in [1.82, 2.24) is 4.98 Å². The number of rotatable bonds is 1. The molecule has 1 heterocycles. The third-order valence-corrected chi connectivity index (χ3v) is 1.57. The highest BCUT2D eigenvalue weighted by atomic mass is 16.4. The van der Waals surface area contributed by atoms with Crippen LogP contribution in [0.4, 0.5) is 5.69 Å². The average Bonchev–Trinajstić information content (AvgIpc) is 1.94. The van der Waals surface area contributed by atoms with Crippen LogP contribution in [-0.2, 0) is 0 Å². The highest BCUT2D eigenvalue weighted by Crippen LogP contribution is 2.03. The monoisotopic (exact) mass is 152 g/mol. The number of hydrogen-bond acceptors (Lipinski definition) is 4. The van der Waals surface area contributed by atoms with Crippen molar-refractivity contribution in [3.63, 3.8) is 0 Å². The van der Waals surface area contributed by atoms with Gasteiger partial charge in [0.25, 0.3) is 0 Å². The van der Waals surface area contributed by atoms with Crippen LogP contribution in [-0.4, -0.2) is 22.2 Å². The largest absolute Gasteiger partial charge is 0.490 e. The summed E-state index contributed by atoms with van der Waals surface area (Å²) in [4.78, 5) is 3.72. The van der Waals surface area contributed by atoms with E-state index in [1.165, 1.54) is 12.4 Å². The second-order valence-corrected chi connectivity index (χ2v) is 2.32. The molecular weight excluding hydrogens is 143 g/mol. The molecular formula is C6H9BN2O2. The predicted molar refractivity (Wildman–Crippen MR) is 43.2 cm³/mol. The second-order valence-electron chi connectivity index (χ2n) is 2.32. The van der Waals surface area contributed by atoms with Gasteiger partial charge in [0.1, 0.15) is 0 Å². The first-order valence-electron chi connectivity index (χ1n) is 3.19. The van der Waals surface area contributed by atoms with Crippen LogP contribution in [0.1, 0.15) is 5.56 Å². The van der Waals surface area contributed by atoms with E-state index in [1.54, 1.807) is 6.92 Å². The van der Waals surface area contributed by atoms with Gasteiger partial charge in [-0.2, -0.15) is 0 Å². The molecule has 5 heteroatoms. The molecule has 0 radical (unpaired) electrons. The van der Waals surface area contributed by atoms with Crippen LogP contribution in [0.3, 0.4) is 0 Å². The van der Waals surface area contributed by atoms with E-state index >= 15 is 0 Å². The van der Waals surface area contributed by atoms with Gasteiger partial charge >= 0.3 is 7.12 Å². The van der Waals surface area contributed by atoms with Crippen LogP contribution < -0.4 is 11.2 Å². The Morgan fingerprint density at radius 3 is 2.55 bits per heavy atom. The Labute approximate surface area is 64.8 Å². The quantitative estimate of drug-likeness (QED) is 0.434. The number of nitrogens with zero attached hydrogens (tertiary/aromatic N) is 1. The van der Waals surface area contributed by atoms with Crippen LogP contribution in [0.2, 0.25) is 0 Å². The minimum atomic E-state index is -1.49. The molecule has 4 N–H and O–H groups in total. The van der Waals surface area contributed by atoms with Gasteiger partial charge in [-0.1, -0.05) is 0 Å². The molecule has 0 bridgehead atoms. The van der Waals surface area contributed by atoms with Crippen molar-refractivity contribution in [2.24, 2.45) is 0 Å². The van der Waals surface area contributed by atoms with Gasteiger partial charge in [0.2, 0.25) is 0 Å². The number of anilines is 1. The minimum absolute atomic E-state index is 0.352. The fourth-order valence-corrected chi connectivity index (χ4v) is 0.819. The molecule has 1 rings (SSSR count). The summed E-state index contributed by atoms with van der Waals surface area (Å²) in [6.45, 7) is 1.71. The smallest absolute Gasteiger partial charge is 0.423 e. The number of aromatic nitrogens is 1. The molecule has 0 aliphatic heterocycles. The summed E-state index contributed by atoms with van der Waals surface area (Å²) in [5.74, 6) is 0. The van der Waals surface area contributed by atoms with E-state index in [1.807, 2.05) is 0 Å². The molecule has 1 aromatic heterocycles. The Balaban J connectivity index is 3.17. The van der Waals surface area contributed by atoms with E-state index in [2.05, 4.69) is 4.98 Å². The maximum atomic E-state index is 8.79. The van der Waals surface area contributed by atoms with Gasteiger partial charge < -0.3 is 15.8 Å². The highest BCUT2D eigenvalue weighted by molar-refractivity contribution is 6.59. The molecule has 0 atom stereocenters. The van der Waals surface area contributed by atoms with Gasteiger partial charge in [-0.25, -0.2) is 0 Å². The third kappa shape index (κ3) is 1.50. The van der Waals surface area contributed by atoms with Gasteiger partial charge in [-0.05, 0) is 12.5 Å². The number of hydrogen-bond donors (Lipinski definition) is 3. The van der Waals surface area contributed by atoms with Crippen LogP contribution in [0.5, 0.6) is 0 Å². The Bertz CT molecular complexity index is 265. The summed E-state index contributed by atoms with van der Waals surface area (Å²) >= 11 is 0. The molecule has 0 aliphatic rings. The first-order valence-corrected chi connectivity index (χ1v) is 3.19. The lowest BCUT2D eigenvalue weighted by molar-refractivity contribution is 0.425. The topological polar surface area (TPSA) is 79.4 Å². The standard InChI is InChI=1S/C6H9BN2O2/c1-4-5(7(10)11)2-9-3-6(4)8/h2-3,10-11H,8H2,1H3. The first kappa shape index (κ1) is 8.04. The summed E-state index contributed by atoms with van der Waals surface area (Å²) in [5.41, 5.74) is 6.96. The van der Waals surface area contributed by atoms with Crippen LogP contribution in [0.15, 0.2) is 12.4 Å². The molecule has 0 aliphatic carbocycles. The molecule has 4 nitrogen and oxygen atoms in total. The van der Waals surface area contributed by atoms with Crippen molar-refractivity contribution >= 4 is 18.3 Å². The summed E-state index contributed by atoms with van der Waals surface area (Å²) < 4.78 is 0. The number of pyridine rings is 1. The zero-order chi connectivity index (χ0) is 8.43. The zero-order valence-electron chi connectivity index (χ0n) is 6.15. The Kier molecular flexibility index (Phi) is 2.12. The molecule has 0 aromatic carbocycles. The van der Waals surface area contributed by atoms with Crippen molar-refractivity contribution in [3.05, 3.63) is 18.0 Å². The number of nitrogen functional groups attached to an aromatic ring is 1. The fourth-order valence-electron chi connectivity index (χ4n) is 0.819. The number of nitrogens with two attached hydrogens (primary N) is 1. The molecule has 0 saturated carbocycles. The third-order valence-electron chi connectivity index (χ3n) is 1.57. The van der Waals surface area contributed by atoms with Gasteiger partial charge in [0, 0.05) is 17.9 Å². The first-order chi connectivity index (χ1) is 5.13. The predicted octanol–water partition coefficient (Wildman–Crippen LogP) is -1.35. The van der Waals surface area contributed by atoms with Crippen molar-refractivity contribution in [3.8, 4) is 0 Å². The fraction of sp³-hybridized carbons (Fsp3) is 0.167. The van der Waals surface area contributed by atoms with Crippen LogP contribution in [0, 0.1) is 6.92 Å².